The van der Waals surface area contributed by atoms with Gasteiger partial charge < -0.3 is 20.1 Å². The number of ether oxygens (including phenoxy) is 1. The van der Waals surface area contributed by atoms with Gasteiger partial charge in [-0.3, -0.25) is 0 Å². The van der Waals surface area contributed by atoms with Crippen LogP contribution in [0.4, 0.5) is 4.79 Å². The van der Waals surface area contributed by atoms with Crippen LogP contribution in [-0.2, 0) is 4.74 Å². The minimum absolute atomic E-state index is 0.0683. The lowest BCUT2D eigenvalue weighted by Crippen LogP contribution is -2.54. The monoisotopic (exact) mass is 230 g/mol. The fourth-order valence-corrected chi connectivity index (χ4v) is 1.72. The zero-order chi connectivity index (χ0) is 12.3. The zero-order valence-corrected chi connectivity index (χ0v) is 10.5. The van der Waals surface area contributed by atoms with Crippen molar-refractivity contribution in [3.63, 3.8) is 0 Å². The third-order valence-electron chi connectivity index (χ3n) is 2.60. The molecule has 0 bridgehead atoms. The van der Waals surface area contributed by atoms with E-state index in [0.29, 0.717) is 19.5 Å². The van der Waals surface area contributed by atoms with Crippen LogP contribution < -0.4 is 5.32 Å². The van der Waals surface area contributed by atoms with Gasteiger partial charge in [-0.2, -0.15) is 0 Å². The molecular formula is C11H22N2O3. The average molecular weight is 230 g/mol. The number of hydrogen-bond acceptors (Lipinski definition) is 4. The number of likely N-dealkylation sites (N-methyl/N-ethyl adjacent to an activating group) is 1. The van der Waals surface area contributed by atoms with Crippen molar-refractivity contribution in [2.45, 2.75) is 44.9 Å². The molecule has 1 rings (SSSR count). The summed E-state index contributed by atoms with van der Waals surface area (Å²) in [7, 11) is 1.78. The predicted octanol–water partition coefficient (Wildman–Crippen LogP) is 0.576. The Morgan fingerprint density at radius 3 is 2.62 bits per heavy atom. The van der Waals surface area contributed by atoms with Gasteiger partial charge >= 0.3 is 6.09 Å². The molecule has 5 nitrogen and oxygen atoms in total. The van der Waals surface area contributed by atoms with E-state index in [2.05, 4.69) is 5.32 Å². The Morgan fingerprint density at radius 1 is 1.50 bits per heavy atom. The number of aliphatic hydroxyl groups excluding tert-OH is 1. The maximum atomic E-state index is 11.8. The summed E-state index contributed by atoms with van der Waals surface area (Å²) >= 11 is 0. The third-order valence-corrected chi connectivity index (χ3v) is 2.60. The second-order valence-electron chi connectivity index (χ2n) is 5.18. The maximum Gasteiger partial charge on any atom is 0.410 e. The summed E-state index contributed by atoms with van der Waals surface area (Å²) in [5.74, 6) is 0. The summed E-state index contributed by atoms with van der Waals surface area (Å²) in [6.45, 7) is 6.58. The van der Waals surface area contributed by atoms with Gasteiger partial charge in [-0.05, 0) is 34.2 Å². The second kappa shape index (κ2) is 5.01. The van der Waals surface area contributed by atoms with Gasteiger partial charge in [0.05, 0.1) is 12.1 Å². The number of carbonyl (C=O) groups is 1. The highest BCUT2D eigenvalue weighted by atomic mass is 16.6. The van der Waals surface area contributed by atoms with Crippen molar-refractivity contribution in [1.82, 2.24) is 10.2 Å². The lowest BCUT2D eigenvalue weighted by atomic mass is 10.0. The van der Waals surface area contributed by atoms with Gasteiger partial charge in [0, 0.05) is 13.1 Å². The number of amides is 1. The van der Waals surface area contributed by atoms with Crippen LogP contribution in [0.3, 0.4) is 0 Å². The van der Waals surface area contributed by atoms with E-state index in [4.69, 9.17) is 4.74 Å². The van der Waals surface area contributed by atoms with Crippen molar-refractivity contribution in [2.24, 2.45) is 0 Å². The smallest absolute Gasteiger partial charge is 0.410 e. The van der Waals surface area contributed by atoms with Crippen LogP contribution in [0.25, 0.3) is 0 Å². The van der Waals surface area contributed by atoms with Crippen molar-refractivity contribution in [3.8, 4) is 0 Å². The Bertz CT molecular complexity index is 250. The van der Waals surface area contributed by atoms with E-state index in [1.165, 1.54) is 0 Å². The first kappa shape index (κ1) is 13.3. The molecule has 1 heterocycles. The molecule has 0 aromatic rings. The Labute approximate surface area is 96.8 Å². The standard InChI is InChI=1S/C11H22N2O3/c1-11(2,3)16-10(15)13-6-5-9(14)8(7-13)12-4/h8-9,12,14H,5-7H2,1-4H3/t8-,9-/m0/s1. The molecular weight excluding hydrogens is 208 g/mol. The van der Waals surface area contributed by atoms with Gasteiger partial charge in [-0.25, -0.2) is 4.79 Å². The van der Waals surface area contributed by atoms with Gasteiger partial charge in [-0.1, -0.05) is 0 Å². The van der Waals surface area contributed by atoms with Crippen molar-refractivity contribution in [3.05, 3.63) is 0 Å². The summed E-state index contributed by atoms with van der Waals surface area (Å²) in [5.41, 5.74) is -0.470. The summed E-state index contributed by atoms with van der Waals surface area (Å²) < 4.78 is 5.28. The molecule has 0 spiro atoms. The van der Waals surface area contributed by atoms with E-state index in [-0.39, 0.29) is 18.2 Å². The number of hydrogen-bond donors (Lipinski definition) is 2. The SMILES string of the molecule is CN[C@H]1CN(C(=O)OC(C)(C)C)CC[C@@H]1O. The average Bonchev–Trinajstić information content (AvgIpc) is 2.15. The lowest BCUT2D eigenvalue weighted by molar-refractivity contribution is 0.00137. The minimum atomic E-state index is -0.470. The fraction of sp³-hybridized carbons (Fsp3) is 0.909. The summed E-state index contributed by atoms with van der Waals surface area (Å²) in [6.07, 6.45) is -0.103. The molecule has 1 saturated heterocycles. The molecule has 1 fully saturated rings. The Kier molecular flexibility index (Phi) is 4.15. The van der Waals surface area contributed by atoms with Gasteiger partial charge in [0.1, 0.15) is 5.60 Å². The molecule has 16 heavy (non-hydrogen) atoms. The maximum absolute atomic E-state index is 11.8. The largest absolute Gasteiger partial charge is 0.444 e. The summed E-state index contributed by atoms with van der Waals surface area (Å²) in [6, 6.07) is -0.0683. The fourth-order valence-electron chi connectivity index (χ4n) is 1.72. The van der Waals surface area contributed by atoms with Gasteiger partial charge in [0.15, 0.2) is 0 Å². The van der Waals surface area contributed by atoms with Gasteiger partial charge in [-0.15, -0.1) is 0 Å². The van der Waals surface area contributed by atoms with Gasteiger partial charge in [0.2, 0.25) is 0 Å². The van der Waals surface area contributed by atoms with Gasteiger partial charge in [0.25, 0.3) is 0 Å². The molecule has 0 aromatic carbocycles. The molecule has 1 aliphatic heterocycles. The van der Waals surface area contributed by atoms with Crippen LogP contribution >= 0.6 is 0 Å². The number of nitrogens with one attached hydrogen (secondary N) is 1. The molecule has 0 aliphatic carbocycles. The highest BCUT2D eigenvalue weighted by molar-refractivity contribution is 5.68. The van der Waals surface area contributed by atoms with E-state index in [9.17, 15) is 9.90 Å². The first-order valence-corrected chi connectivity index (χ1v) is 5.67. The second-order valence-corrected chi connectivity index (χ2v) is 5.18. The number of likely N-dealkylation sites (tertiary alicyclic amines) is 1. The van der Waals surface area contributed by atoms with Crippen molar-refractivity contribution in [2.75, 3.05) is 20.1 Å². The van der Waals surface area contributed by atoms with Crippen LogP contribution in [0.2, 0.25) is 0 Å². The number of carbonyl (C=O) groups excluding carboxylic acids is 1. The highest BCUT2D eigenvalue weighted by Crippen LogP contribution is 2.15. The van der Waals surface area contributed by atoms with Crippen LogP contribution in [0.15, 0.2) is 0 Å². The number of aliphatic hydroxyl groups is 1. The van der Waals surface area contributed by atoms with E-state index in [1.807, 2.05) is 20.8 Å². The van der Waals surface area contributed by atoms with Crippen molar-refractivity contribution < 1.29 is 14.6 Å². The molecule has 2 atom stereocenters. The number of rotatable bonds is 1. The Balaban J connectivity index is 2.52. The van der Waals surface area contributed by atoms with E-state index in [1.54, 1.807) is 11.9 Å². The predicted molar refractivity (Wildman–Crippen MR) is 61.3 cm³/mol. The lowest BCUT2D eigenvalue weighted by Gasteiger charge is -2.36. The Hall–Kier alpha value is -0.810. The normalized spacial score (nSPS) is 26.7. The molecule has 1 aliphatic rings. The number of nitrogens with zero attached hydrogens (tertiary/aromatic N) is 1. The molecule has 5 heteroatoms. The highest BCUT2D eigenvalue weighted by Gasteiger charge is 2.31. The summed E-state index contributed by atoms with van der Waals surface area (Å²) in [5, 5.41) is 12.7. The molecule has 0 radical (unpaired) electrons. The number of piperidine rings is 1. The first-order chi connectivity index (χ1) is 7.33. The Morgan fingerprint density at radius 2 is 2.12 bits per heavy atom. The molecule has 94 valence electrons. The zero-order valence-electron chi connectivity index (χ0n) is 10.5. The van der Waals surface area contributed by atoms with Crippen LogP contribution in [0.5, 0.6) is 0 Å². The molecule has 2 N–H and O–H groups in total. The van der Waals surface area contributed by atoms with Crippen molar-refractivity contribution >= 4 is 6.09 Å². The van der Waals surface area contributed by atoms with E-state index >= 15 is 0 Å². The third kappa shape index (κ3) is 3.64. The van der Waals surface area contributed by atoms with Crippen LogP contribution in [0.1, 0.15) is 27.2 Å². The molecule has 1 amide bonds. The van der Waals surface area contributed by atoms with E-state index in [0.717, 1.165) is 0 Å². The van der Waals surface area contributed by atoms with Crippen LogP contribution in [-0.4, -0.2) is 54.0 Å². The molecule has 0 unspecified atom stereocenters. The first-order valence-electron chi connectivity index (χ1n) is 5.67. The quantitative estimate of drug-likeness (QED) is 0.691. The molecule has 0 saturated carbocycles. The summed E-state index contributed by atoms with van der Waals surface area (Å²) in [4.78, 5) is 13.4. The van der Waals surface area contributed by atoms with Crippen molar-refractivity contribution in [1.29, 1.82) is 0 Å². The minimum Gasteiger partial charge on any atom is -0.444 e. The topological polar surface area (TPSA) is 61.8 Å². The molecule has 0 aromatic heterocycles. The van der Waals surface area contributed by atoms with E-state index < -0.39 is 5.60 Å². The van der Waals surface area contributed by atoms with Crippen LogP contribution in [0, 0.1) is 0 Å².